The molecule has 1 nitrogen and oxygen atoms in total. The Hall–Kier alpha value is -0.990. The summed E-state index contributed by atoms with van der Waals surface area (Å²) in [4.78, 5) is 0. The first-order valence-electron chi connectivity index (χ1n) is 4.41. The molecule has 0 spiro atoms. The van der Waals surface area contributed by atoms with Gasteiger partial charge in [-0.1, -0.05) is 39.7 Å². The number of benzene rings is 2. The smallest absolute Gasteiger partial charge is 0.117 e. The predicted molar refractivity (Wildman–Crippen MR) is 66.3 cm³/mol. The van der Waals surface area contributed by atoms with E-state index in [2.05, 4.69) is 15.9 Å². The maximum Gasteiger partial charge on any atom is 0.117 e. The average Bonchev–Trinajstić information content (AvgIpc) is 2.17. The van der Waals surface area contributed by atoms with Crippen LogP contribution in [0.3, 0.4) is 0 Å². The highest BCUT2D eigenvalue weighted by molar-refractivity contribution is 9.10. The maximum atomic E-state index is 9.25. The van der Waals surface area contributed by atoms with Crippen LogP contribution in [-0.4, -0.2) is 5.11 Å². The Kier molecular flexibility index (Phi) is 2.98. The molecule has 0 radical (unpaired) electrons. The average molecular weight is 284 g/mol. The van der Waals surface area contributed by atoms with Crippen molar-refractivity contribution >= 4 is 27.5 Å². The van der Waals surface area contributed by atoms with Crippen molar-refractivity contribution in [3.05, 3.63) is 52.0 Å². The van der Waals surface area contributed by atoms with Crippen LogP contribution in [0.1, 0.15) is 0 Å². The van der Waals surface area contributed by atoms with Gasteiger partial charge in [0, 0.05) is 10.0 Å². The van der Waals surface area contributed by atoms with Crippen LogP contribution < -0.4 is 0 Å². The van der Waals surface area contributed by atoms with Gasteiger partial charge in [0.2, 0.25) is 0 Å². The van der Waals surface area contributed by atoms with Gasteiger partial charge < -0.3 is 5.11 Å². The van der Waals surface area contributed by atoms with Crippen LogP contribution in [-0.2, 0) is 0 Å². The molecule has 0 aromatic heterocycles. The summed E-state index contributed by atoms with van der Waals surface area (Å²) < 4.78 is 1.00. The number of phenolic OH excluding ortho intramolecular Hbond substituents is 1. The number of hydrogen-bond acceptors (Lipinski definition) is 1. The third-order valence-corrected chi connectivity index (χ3v) is 2.89. The highest BCUT2D eigenvalue weighted by Crippen LogP contribution is 2.31. The molecule has 0 unspecified atom stereocenters. The summed E-state index contributed by atoms with van der Waals surface area (Å²) in [7, 11) is 0. The normalized spacial score (nSPS) is 10.3. The van der Waals surface area contributed by atoms with Crippen molar-refractivity contribution in [1.29, 1.82) is 0 Å². The van der Waals surface area contributed by atoms with Gasteiger partial charge in [-0.3, -0.25) is 0 Å². The number of phenols is 1. The zero-order valence-electron chi connectivity index (χ0n) is 7.74. The second-order valence-corrected chi connectivity index (χ2v) is 4.50. The highest BCUT2D eigenvalue weighted by atomic mass is 79.9. The molecule has 0 aliphatic heterocycles. The van der Waals surface area contributed by atoms with E-state index < -0.39 is 0 Å². The van der Waals surface area contributed by atoms with E-state index in [0.29, 0.717) is 5.02 Å². The molecule has 1 N–H and O–H groups in total. The standard InChI is InChI=1S/C12H8BrClO/c13-9-3-1-2-8(6-9)11-5-4-10(15)7-12(11)14/h1-7,15H. The fourth-order valence-corrected chi connectivity index (χ4v) is 2.08. The number of halogens is 2. The molecule has 0 aliphatic rings. The zero-order valence-corrected chi connectivity index (χ0v) is 10.1. The van der Waals surface area contributed by atoms with Gasteiger partial charge in [0.1, 0.15) is 5.75 Å². The van der Waals surface area contributed by atoms with Gasteiger partial charge in [-0.05, 0) is 35.9 Å². The second-order valence-electron chi connectivity index (χ2n) is 3.17. The minimum atomic E-state index is 0.179. The van der Waals surface area contributed by atoms with Gasteiger partial charge in [-0.25, -0.2) is 0 Å². The van der Waals surface area contributed by atoms with Crippen LogP contribution >= 0.6 is 27.5 Å². The summed E-state index contributed by atoms with van der Waals surface area (Å²) in [6, 6.07) is 12.8. The topological polar surface area (TPSA) is 20.2 Å². The molecule has 0 saturated carbocycles. The van der Waals surface area contributed by atoms with Crippen molar-refractivity contribution in [1.82, 2.24) is 0 Å². The number of rotatable bonds is 1. The van der Waals surface area contributed by atoms with Gasteiger partial charge in [-0.2, -0.15) is 0 Å². The lowest BCUT2D eigenvalue weighted by Crippen LogP contribution is -1.79. The molecule has 0 amide bonds. The lowest BCUT2D eigenvalue weighted by Gasteiger charge is -2.05. The summed E-state index contributed by atoms with van der Waals surface area (Å²) >= 11 is 9.45. The molecular formula is C12H8BrClO. The monoisotopic (exact) mass is 282 g/mol. The SMILES string of the molecule is Oc1ccc(-c2cccc(Br)c2)c(Cl)c1. The minimum absolute atomic E-state index is 0.179. The molecule has 3 heteroatoms. The van der Waals surface area contributed by atoms with Crippen LogP contribution in [0.2, 0.25) is 5.02 Å². The van der Waals surface area contributed by atoms with Crippen LogP contribution in [0, 0.1) is 0 Å². The molecule has 0 bridgehead atoms. The number of hydrogen-bond donors (Lipinski definition) is 1. The molecule has 0 heterocycles. The Bertz CT molecular complexity index is 497. The van der Waals surface area contributed by atoms with E-state index in [1.54, 1.807) is 12.1 Å². The second kappa shape index (κ2) is 4.25. The summed E-state index contributed by atoms with van der Waals surface area (Å²) in [6.45, 7) is 0. The molecule has 76 valence electrons. The summed E-state index contributed by atoms with van der Waals surface area (Å²) in [5.74, 6) is 0.179. The molecule has 0 aliphatic carbocycles. The Labute approximate surface area is 101 Å². The molecule has 2 aromatic carbocycles. The van der Waals surface area contributed by atoms with Gasteiger partial charge >= 0.3 is 0 Å². The van der Waals surface area contributed by atoms with E-state index in [-0.39, 0.29) is 5.75 Å². The largest absolute Gasteiger partial charge is 0.508 e. The summed E-state index contributed by atoms with van der Waals surface area (Å²) in [5.41, 5.74) is 1.94. The lowest BCUT2D eigenvalue weighted by atomic mass is 10.1. The zero-order chi connectivity index (χ0) is 10.8. The first kappa shape index (κ1) is 10.5. The van der Waals surface area contributed by atoms with Gasteiger partial charge in [-0.15, -0.1) is 0 Å². The van der Waals surface area contributed by atoms with Crippen molar-refractivity contribution < 1.29 is 5.11 Å². The lowest BCUT2D eigenvalue weighted by molar-refractivity contribution is 0.475. The Morgan fingerprint density at radius 3 is 2.53 bits per heavy atom. The summed E-state index contributed by atoms with van der Waals surface area (Å²) in [6.07, 6.45) is 0. The van der Waals surface area contributed by atoms with Gasteiger partial charge in [0.05, 0.1) is 5.02 Å². The van der Waals surface area contributed by atoms with Gasteiger partial charge in [0.25, 0.3) is 0 Å². The molecule has 2 aromatic rings. The first-order chi connectivity index (χ1) is 7.16. The summed E-state index contributed by atoms with van der Waals surface area (Å²) in [5, 5.41) is 9.79. The number of aromatic hydroxyl groups is 1. The van der Waals surface area contributed by atoms with E-state index in [1.807, 2.05) is 24.3 Å². The molecule has 0 atom stereocenters. The highest BCUT2D eigenvalue weighted by Gasteiger charge is 2.04. The van der Waals surface area contributed by atoms with E-state index in [4.69, 9.17) is 11.6 Å². The van der Waals surface area contributed by atoms with Crippen LogP contribution in [0.5, 0.6) is 5.75 Å². The molecule has 0 saturated heterocycles. The van der Waals surface area contributed by atoms with Crippen molar-refractivity contribution in [3.8, 4) is 16.9 Å². The van der Waals surface area contributed by atoms with Gasteiger partial charge in [0.15, 0.2) is 0 Å². The van der Waals surface area contributed by atoms with Crippen molar-refractivity contribution in [2.24, 2.45) is 0 Å². The Morgan fingerprint density at radius 2 is 1.87 bits per heavy atom. The molecule has 15 heavy (non-hydrogen) atoms. The van der Waals surface area contributed by atoms with E-state index in [1.165, 1.54) is 6.07 Å². The van der Waals surface area contributed by atoms with Crippen LogP contribution in [0.25, 0.3) is 11.1 Å². The van der Waals surface area contributed by atoms with Crippen molar-refractivity contribution in [2.45, 2.75) is 0 Å². The van der Waals surface area contributed by atoms with Crippen LogP contribution in [0.4, 0.5) is 0 Å². The third kappa shape index (κ3) is 2.33. The minimum Gasteiger partial charge on any atom is -0.508 e. The van der Waals surface area contributed by atoms with Crippen molar-refractivity contribution in [3.63, 3.8) is 0 Å². The molecular weight excluding hydrogens is 275 g/mol. The van der Waals surface area contributed by atoms with Crippen LogP contribution in [0.15, 0.2) is 46.9 Å². The van der Waals surface area contributed by atoms with E-state index in [9.17, 15) is 5.11 Å². The third-order valence-electron chi connectivity index (χ3n) is 2.09. The molecule has 0 fully saturated rings. The molecule has 2 rings (SSSR count). The van der Waals surface area contributed by atoms with Crippen molar-refractivity contribution in [2.75, 3.05) is 0 Å². The van der Waals surface area contributed by atoms with E-state index in [0.717, 1.165) is 15.6 Å². The predicted octanol–water partition coefficient (Wildman–Crippen LogP) is 4.48. The Morgan fingerprint density at radius 1 is 1.07 bits per heavy atom. The Balaban J connectivity index is 2.54. The maximum absolute atomic E-state index is 9.25. The van der Waals surface area contributed by atoms with E-state index >= 15 is 0 Å². The first-order valence-corrected chi connectivity index (χ1v) is 5.58. The quantitative estimate of drug-likeness (QED) is 0.818. The fourth-order valence-electron chi connectivity index (χ4n) is 1.39. The fraction of sp³-hybridized carbons (Fsp3) is 0.